The van der Waals surface area contributed by atoms with E-state index in [0.29, 0.717) is 18.2 Å². The summed E-state index contributed by atoms with van der Waals surface area (Å²) in [5.41, 5.74) is 7.58. The lowest BCUT2D eigenvalue weighted by atomic mass is 10.2. The lowest BCUT2D eigenvalue weighted by Gasteiger charge is -2.09. The summed E-state index contributed by atoms with van der Waals surface area (Å²) in [6, 6.07) is 12.9. The molecule has 0 bridgehead atoms. The zero-order valence-electron chi connectivity index (χ0n) is 10.7. The summed E-state index contributed by atoms with van der Waals surface area (Å²) in [6.07, 6.45) is 0. The van der Waals surface area contributed by atoms with Gasteiger partial charge in [0.2, 0.25) is 0 Å². The lowest BCUT2D eigenvalue weighted by molar-refractivity contribution is 0.217. The molecule has 0 radical (unpaired) electrons. The Hall–Kier alpha value is -1.87. The van der Waals surface area contributed by atoms with E-state index in [0.717, 1.165) is 22.7 Å². The molecular formula is C15H16ClNO2. The number of aryl methyl sites for hydroxylation is 1. The van der Waals surface area contributed by atoms with Gasteiger partial charge in [0.05, 0.1) is 0 Å². The van der Waals surface area contributed by atoms with Crippen molar-refractivity contribution in [2.24, 2.45) is 0 Å². The first-order valence-corrected chi connectivity index (χ1v) is 6.40. The number of ether oxygens (including phenoxy) is 2. The molecule has 0 spiro atoms. The predicted molar refractivity (Wildman–Crippen MR) is 78.0 cm³/mol. The molecule has 2 aromatic rings. The van der Waals surface area contributed by atoms with Crippen LogP contribution in [0.2, 0.25) is 5.02 Å². The molecule has 0 amide bonds. The van der Waals surface area contributed by atoms with Crippen molar-refractivity contribution in [2.75, 3.05) is 18.9 Å². The summed E-state index contributed by atoms with van der Waals surface area (Å²) in [5, 5.41) is 0.657. The fraction of sp³-hybridized carbons (Fsp3) is 0.200. The van der Waals surface area contributed by atoms with E-state index in [4.69, 9.17) is 26.8 Å². The molecule has 0 heterocycles. The van der Waals surface area contributed by atoms with Crippen molar-refractivity contribution in [3.05, 3.63) is 53.1 Å². The average molecular weight is 278 g/mol. The predicted octanol–water partition coefficient (Wildman–Crippen LogP) is 3.69. The highest BCUT2D eigenvalue weighted by Gasteiger charge is 1.99. The van der Waals surface area contributed by atoms with E-state index in [-0.39, 0.29) is 0 Å². The monoisotopic (exact) mass is 277 g/mol. The van der Waals surface area contributed by atoms with Gasteiger partial charge in [0.1, 0.15) is 24.7 Å². The molecule has 2 rings (SSSR count). The van der Waals surface area contributed by atoms with Gasteiger partial charge in [-0.25, -0.2) is 0 Å². The van der Waals surface area contributed by atoms with Gasteiger partial charge in [-0.15, -0.1) is 0 Å². The van der Waals surface area contributed by atoms with E-state index < -0.39 is 0 Å². The van der Waals surface area contributed by atoms with Crippen LogP contribution >= 0.6 is 11.6 Å². The van der Waals surface area contributed by atoms with Gasteiger partial charge in [0, 0.05) is 16.8 Å². The van der Waals surface area contributed by atoms with E-state index in [1.807, 2.05) is 37.3 Å². The largest absolute Gasteiger partial charge is 0.490 e. The second kappa shape index (κ2) is 6.34. The zero-order valence-corrected chi connectivity index (χ0v) is 11.5. The minimum atomic E-state index is 0.453. The average Bonchev–Trinajstić information content (AvgIpc) is 2.39. The Morgan fingerprint density at radius 3 is 2.32 bits per heavy atom. The van der Waals surface area contributed by atoms with Crippen LogP contribution in [-0.4, -0.2) is 13.2 Å². The first kappa shape index (κ1) is 13.6. The third-order valence-corrected chi connectivity index (χ3v) is 2.90. The van der Waals surface area contributed by atoms with Crippen molar-refractivity contribution >= 4 is 17.3 Å². The maximum Gasteiger partial charge on any atom is 0.122 e. The number of rotatable bonds is 5. The molecular weight excluding hydrogens is 262 g/mol. The Morgan fingerprint density at radius 2 is 1.68 bits per heavy atom. The third kappa shape index (κ3) is 4.07. The van der Waals surface area contributed by atoms with Crippen LogP contribution < -0.4 is 15.2 Å². The fourth-order valence-corrected chi connectivity index (χ4v) is 1.76. The maximum atomic E-state index is 5.86. The van der Waals surface area contributed by atoms with Crippen LogP contribution in [0.15, 0.2) is 42.5 Å². The minimum absolute atomic E-state index is 0.453. The number of nitrogen functional groups attached to an aromatic ring is 1. The smallest absolute Gasteiger partial charge is 0.122 e. The number of hydrogen-bond acceptors (Lipinski definition) is 3. The molecule has 0 aliphatic carbocycles. The van der Waals surface area contributed by atoms with Crippen molar-refractivity contribution in [1.29, 1.82) is 0 Å². The molecule has 100 valence electrons. The van der Waals surface area contributed by atoms with Crippen molar-refractivity contribution < 1.29 is 9.47 Å². The minimum Gasteiger partial charge on any atom is -0.490 e. The zero-order chi connectivity index (χ0) is 13.7. The highest BCUT2D eigenvalue weighted by Crippen LogP contribution is 2.19. The molecule has 0 saturated carbocycles. The van der Waals surface area contributed by atoms with Crippen LogP contribution in [0, 0.1) is 6.92 Å². The second-order valence-electron chi connectivity index (χ2n) is 4.17. The quantitative estimate of drug-likeness (QED) is 0.670. The summed E-state index contributed by atoms with van der Waals surface area (Å²) in [4.78, 5) is 0. The molecule has 4 heteroatoms. The Balaban J connectivity index is 1.79. The van der Waals surface area contributed by atoms with Gasteiger partial charge in [0.25, 0.3) is 0 Å². The van der Waals surface area contributed by atoms with Crippen LogP contribution in [-0.2, 0) is 0 Å². The molecule has 19 heavy (non-hydrogen) atoms. The lowest BCUT2D eigenvalue weighted by Crippen LogP contribution is -2.09. The summed E-state index contributed by atoms with van der Waals surface area (Å²) in [7, 11) is 0. The number of hydrogen-bond donors (Lipinski definition) is 1. The molecule has 2 aromatic carbocycles. The van der Waals surface area contributed by atoms with E-state index in [9.17, 15) is 0 Å². The molecule has 0 aromatic heterocycles. The Bertz CT molecular complexity index is 558. The van der Waals surface area contributed by atoms with Gasteiger partial charge in [-0.05, 0) is 36.8 Å². The molecule has 2 N–H and O–H groups in total. The molecule has 0 aliphatic rings. The molecule has 3 nitrogen and oxygen atoms in total. The van der Waals surface area contributed by atoms with Gasteiger partial charge < -0.3 is 15.2 Å². The SMILES string of the molecule is Cc1ccc(OCCOc2cccc(Cl)c2)cc1N. The van der Waals surface area contributed by atoms with Crippen LogP contribution in [0.25, 0.3) is 0 Å². The van der Waals surface area contributed by atoms with Crippen molar-refractivity contribution in [3.63, 3.8) is 0 Å². The standard InChI is InChI=1S/C15H16ClNO2/c1-11-5-6-14(10-15(11)17)19-8-7-18-13-4-2-3-12(16)9-13/h2-6,9-10H,7-8,17H2,1H3. The van der Waals surface area contributed by atoms with Crippen LogP contribution in [0.1, 0.15) is 5.56 Å². The van der Waals surface area contributed by atoms with Crippen LogP contribution in [0.5, 0.6) is 11.5 Å². The van der Waals surface area contributed by atoms with Gasteiger partial charge in [-0.2, -0.15) is 0 Å². The van der Waals surface area contributed by atoms with E-state index >= 15 is 0 Å². The van der Waals surface area contributed by atoms with E-state index in [2.05, 4.69) is 0 Å². The topological polar surface area (TPSA) is 44.5 Å². The molecule has 0 saturated heterocycles. The highest BCUT2D eigenvalue weighted by atomic mass is 35.5. The molecule has 0 atom stereocenters. The number of halogens is 1. The summed E-state index contributed by atoms with van der Waals surface area (Å²) >= 11 is 5.86. The normalized spacial score (nSPS) is 10.2. The Morgan fingerprint density at radius 1 is 1.00 bits per heavy atom. The van der Waals surface area contributed by atoms with Crippen LogP contribution in [0.3, 0.4) is 0 Å². The molecule has 0 aliphatic heterocycles. The van der Waals surface area contributed by atoms with Crippen molar-refractivity contribution in [2.45, 2.75) is 6.92 Å². The summed E-state index contributed by atoms with van der Waals surface area (Å²) in [6.45, 7) is 2.87. The van der Waals surface area contributed by atoms with Crippen molar-refractivity contribution in [1.82, 2.24) is 0 Å². The highest BCUT2D eigenvalue weighted by molar-refractivity contribution is 6.30. The van der Waals surface area contributed by atoms with Gasteiger partial charge >= 0.3 is 0 Å². The van der Waals surface area contributed by atoms with E-state index in [1.54, 1.807) is 12.1 Å². The van der Waals surface area contributed by atoms with Gasteiger partial charge in [-0.1, -0.05) is 23.7 Å². The number of anilines is 1. The van der Waals surface area contributed by atoms with Gasteiger partial charge in [0.15, 0.2) is 0 Å². The van der Waals surface area contributed by atoms with Crippen LogP contribution in [0.4, 0.5) is 5.69 Å². The maximum absolute atomic E-state index is 5.86. The Kier molecular flexibility index (Phi) is 4.53. The Labute approximate surface area is 117 Å². The molecule has 0 fully saturated rings. The van der Waals surface area contributed by atoms with E-state index in [1.165, 1.54) is 0 Å². The summed E-state index contributed by atoms with van der Waals surface area (Å²) in [5.74, 6) is 1.48. The second-order valence-corrected chi connectivity index (χ2v) is 4.61. The number of benzene rings is 2. The number of nitrogens with two attached hydrogens (primary N) is 1. The fourth-order valence-electron chi connectivity index (χ4n) is 1.58. The summed E-state index contributed by atoms with van der Waals surface area (Å²) < 4.78 is 11.1. The first-order chi connectivity index (χ1) is 9.15. The first-order valence-electron chi connectivity index (χ1n) is 6.02. The van der Waals surface area contributed by atoms with Gasteiger partial charge in [-0.3, -0.25) is 0 Å². The molecule has 0 unspecified atom stereocenters. The van der Waals surface area contributed by atoms with Crippen molar-refractivity contribution in [3.8, 4) is 11.5 Å². The third-order valence-electron chi connectivity index (χ3n) is 2.67.